The summed E-state index contributed by atoms with van der Waals surface area (Å²) >= 11 is 6.75. The highest BCUT2D eigenvalue weighted by atomic mass is 32.2. The Kier molecular flexibility index (Phi) is 3.84. The third-order valence-electron chi connectivity index (χ3n) is 3.08. The number of benzene rings is 1. The Morgan fingerprint density at radius 2 is 2.29 bits per heavy atom. The average molecular weight is 266 g/mol. The second-order valence-electron chi connectivity index (χ2n) is 4.00. The number of fused-ring (bicyclic) bond motifs is 1. The number of ether oxygens (including phenoxy) is 1. The summed E-state index contributed by atoms with van der Waals surface area (Å²) < 4.78 is 5.97. The molecule has 0 heterocycles. The van der Waals surface area contributed by atoms with E-state index < -0.39 is 0 Å². The molecule has 90 valence electrons. The molecule has 2 rings (SSSR count). The van der Waals surface area contributed by atoms with Gasteiger partial charge in [0.1, 0.15) is 5.75 Å². The van der Waals surface area contributed by atoms with Crippen LogP contribution >= 0.6 is 24.0 Å². The molecule has 0 radical (unpaired) electrons. The van der Waals surface area contributed by atoms with Crippen molar-refractivity contribution in [2.45, 2.75) is 12.8 Å². The first-order valence-electron chi connectivity index (χ1n) is 5.46. The van der Waals surface area contributed by atoms with Crippen molar-refractivity contribution in [1.82, 2.24) is 0 Å². The van der Waals surface area contributed by atoms with Gasteiger partial charge in [-0.25, -0.2) is 0 Å². The van der Waals surface area contributed by atoms with Crippen molar-refractivity contribution in [1.29, 1.82) is 0 Å². The Morgan fingerprint density at radius 1 is 1.53 bits per heavy atom. The zero-order chi connectivity index (χ0) is 12.4. The third-order valence-corrected chi connectivity index (χ3v) is 4.55. The van der Waals surface area contributed by atoms with Gasteiger partial charge in [0.05, 0.1) is 17.2 Å². The van der Waals surface area contributed by atoms with Crippen molar-refractivity contribution in [2.75, 3.05) is 13.4 Å². The normalized spacial score (nSPS) is 18.7. The van der Waals surface area contributed by atoms with Crippen LogP contribution in [0.25, 0.3) is 0 Å². The first kappa shape index (κ1) is 12.6. The largest absolute Gasteiger partial charge is 0.497 e. The lowest BCUT2D eigenvalue weighted by atomic mass is 9.83. The molecule has 0 saturated carbocycles. The Bertz CT molecular complexity index is 468. The van der Waals surface area contributed by atoms with Gasteiger partial charge in [-0.1, -0.05) is 12.2 Å². The summed E-state index contributed by atoms with van der Waals surface area (Å²) in [6.07, 6.45) is 3.64. The fraction of sp³-hybridized carbons (Fsp3) is 0.385. The summed E-state index contributed by atoms with van der Waals surface area (Å²) in [6, 6.07) is 5.64. The van der Waals surface area contributed by atoms with Gasteiger partial charge in [0.2, 0.25) is 0 Å². The minimum atomic E-state index is -0.0964. The number of thioether (sulfide) groups is 1. The van der Waals surface area contributed by atoms with E-state index in [4.69, 9.17) is 17.0 Å². The van der Waals surface area contributed by atoms with Gasteiger partial charge in [0.15, 0.2) is 5.78 Å². The number of hydrogen-bond acceptors (Lipinski definition) is 4. The fourth-order valence-corrected chi connectivity index (χ4v) is 2.86. The van der Waals surface area contributed by atoms with E-state index in [0.29, 0.717) is 0 Å². The van der Waals surface area contributed by atoms with Crippen molar-refractivity contribution in [3.05, 3.63) is 29.3 Å². The molecule has 4 heteroatoms. The number of hydrogen-bond donors (Lipinski definition) is 0. The second kappa shape index (κ2) is 5.19. The van der Waals surface area contributed by atoms with E-state index in [0.717, 1.165) is 33.9 Å². The quantitative estimate of drug-likeness (QED) is 0.768. The van der Waals surface area contributed by atoms with Crippen molar-refractivity contribution in [2.24, 2.45) is 5.92 Å². The van der Waals surface area contributed by atoms with Crippen molar-refractivity contribution < 1.29 is 9.53 Å². The highest BCUT2D eigenvalue weighted by Gasteiger charge is 2.30. The van der Waals surface area contributed by atoms with Crippen LogP contribution in [0.2, 0.25) is 0 Å². The average Bonchev–Trinajstić information content (AvgIpc) is 2.38. The molecule has 1 aliphatic carbocycles. The number of Topliss-reactive ketones (excluding diaryl/α,β-unsaturated/α-hetero) is 1. The van der Waals surface area contributed by atoms with Crippen LogP contribution in [-0.2, 0) is 6.42 Å². The smallest absolute Gasteiger partial charge is 0.171 e. The van der Waals surface area contributed by atoms with Gasteiger partial charge in [-0.2, -0.15) is 0 Å². The van der Waals surface area contributed by atoms with Crippen molar-refractivity contribution >= 4 is 34.0 Å². The molecule has 0 saturated heterocycles. The van der Waals surface area contributed by atoms with Crippen LogP contribution in [0, 0.1) is 5.92 Å². The van der Waals surface area contributed by atoms with Gasteiger partial charge < -0.3 is 4.74 Å². The zero-order valence-electron chi connectivity index (χ0n) is 9.86. The lowest BCUT2D eigenvalue weighted by molar-refractivity contribution is 0.0943. The molecule has 0 N–H and O–H groups in total. The van der Waals surface area contributed by atoms with E-state index in [1.165, 1.54) is 11.8 Å². The van der Waals surface area contributed by atoms with Gasteiger partial charge >= 0.3 is 0 Å². The SMILES string of the molecule is COc1ccc2c(c1)CCC(C(=S)SC)C2=O. The summed E-state index contributed by atoms with van der Waals surface area (Å²) in [5, 5.41) is 0. The molecule has 0 aliphatic heterocycles. The first-order chi connectivity index (χ1) is 8.17. The maximum atomic E-state index is 12.3. The van der Waals surface area contributed by atoms with Crippen molar-refractivity contribution in [3.63, 3.8) is 0 Å². The maximum Gasteiger partial charge on any atom is 0.171 e. The monoisotopic (exact) mass is 266 g/mol. The lowest BCUT2D eigenvalue weighted by Crippen LogP contribution is -2.26. The predicted octanol–water partition coefficient (Wildman–Crippen LogP) is 3.13. The predicted molar refractivity (Wildman–Crippen MR) is 75.2 cm³/mol. The highest BCUT2D eigenvalue weighted by molar-refractivity contribution is 8.22. The molecule has 1 aliphatic rings. The molecule has 1 atom stereocenters. The Labute approximate surface area is 111 Å². The third kappa shape index (κ3) is 2.38. The molecule has 0 spiro atoms. The van der Waals surface area contributed by atoms with E-state index in [-0.39, 0.29) is 11.7 Å². The van der Waals surface area contributed by atoms with Crippen LogP contribution in [0.4, 0.5) is 0 Å². The molecule has 2 nitrogen and oxygen atoms in total. The van der Waals surface area contributed by atoms with Gasteiger partial charge in [-0.05, 0) is 42.9 Å². The number of aryl methyl sites for hydroxylation is 1. The molecule has 0 amide bonds. The Morgan fingerprint density at radius 3 is 2.94 bits per heavy atom. The molecule has 1 aromatic rings. The van der Waals surface area contributed by atoms with Crippen LogP contribution < -0.4 is 4.74 Å². The van der Waals surface area contributed by atoms with Gasteiger partial charge in [0, 0.05) is 5.56 Å². The van der Waals surface area contributed by atoms with Gasteiger partial charge in [-0.3, -0.25) is 4.79 Å². The summed E-state index contributed by atoms with van der Waals surface area (Å²) in [5.41, 5.74) is 1.88. The molecule has 1 aromatic carbocycles. The zero-order valence-corrected chi connectivity index (χ0v) is 11.5. The van der Waals surface area contributed by atoms with E-state index in [1.807, 2.05) is 24.5 Å². The summed E-state index contributed by atoms with van der Waals surface area (Å²) in [5.74, 6) is 0.872. The van der Waals surface area contributed by atoms with Crippen LogP contribution in [0.5, 0.6) is 5.75 Å². The molecule has 0 aromatic heterocycles. The number of ketones is 1. The summed E-state index contributed by atoms with van der Waals surface area (Å²) in [6.45, 7) is 0. The van der Waals surface area contributed by atoms with E-state index in [2.05, 4.69) is 0 Å². The maximum absolute atomic E-state index is 12.3. The van der Waals surface area contributed by atoms with Gasteiger partial charge in [0.25, 0.3) is 0 Å². The molecular weight excluding hydrogens is 252 g/mol. The molecule has 0 bridgehead atoms. The Hall–Kier alpha value is -0.870. The van der Waals surface area contributed by atoms with Crippen LogP contribution in [-0.4, -0.2) is 23.3 Å². The molecule has 0 fully saturated rings. The number of carbonyl (C=O) groups excluding carboxylic acids is 1. The number of rotatable bonds is 2. The lowest BCUT2D eigenvalue weighted by Gasteiger charge is -2.23. The van der Waals surface area contributed by atoms with Crippen LogP contribution in [0.1, 0.15) is 22.3 Å². The standard InChI is InChI=1S/C13H14O2S2/c1-15-9-4-6-10-8(7-9)3-5-11(12(10)14)13(16)17-2/h4,6-7,11H,3,5H2,1-2H3. The molecular formula is C13H14O2S2. The van der Waals surface area contributed by atoms with Crippen LogP contribution in [0.3, 0.4) is 0 Å². The second-order valence-corrected chi connectivity index (χ2v) is 5.55. The Balaban J connectivity index is 2.33. The minimum absolute atomic E-state index is 0.0964. The van der Waals surface area contributed by atoms with Crippen LogP contribution in [0.15, 0.2) is 18.2 Å². The first-order valence-corrected chi connectivity index (χ1v) is 7.09. The number of methoxy groups -OCH3 is 1. The van der Waals surface area contributed by atoms with E-state index in [9.17, 15) is 4.79 Å². The van der Waals surface area contributed by atoms with Gasteiger partial charge in [-0.15, -0.1) is 11.8 Å². The fourth-order valence-electron chi connectivity index (χ4n) is 2.13. The summed E-state index contributed by atoms with van der Waals surface area (Å²) in [4.78, 5) is 12.3. The number of carbonyl (C=O) groups is 1. The number of thiocarbonyl (C=S) groups is 1. The van der Waals surface area contributed by atoms with E-state index in [1.54, 1.807) is 7.11 Å². The van der Waals surface area contributed by atoms with E-state index >= 15 is 0 Å². The molecule has 1 unspecified atom stereocenters. The minimum Gasteiger partial charge on any atom is -0.497 e. The topological polar surface area (TPSA) is 26.3 Å². The van der Waals surface area contributed by atoms with Crippen molar-refractivity contribution in [3.8, 4) is 5.75 Å². The molecule has 17 heavy (non-hydrogen) atoms. The summed E-state index contributed by atoms with van der Waals surface area (Å²) in [7, 11) is 1.64. The highest BCUT2D eigenvalue weighted by Crippen LogP contribution is 2.31.